The molecule has 2 aromatic rings. The van der Waals surface area contributed by atoms with Crippen molar-refractivity contribution in [2.75, 3.05) is 10.6 Å². The van der Waals surface area contributed by atoms with Crippen LogP contribution in [0, 0.1) is 0 Å². The van der Waals surface area contributed by atoms with Gasteiger partial charge in [0.05, 0.1) is 12.0 Å². The lowest BCUT2D eigenvalue weighted by Gasteiger charge is -2.31. The average Bonchev–Trinajstić information content (AvgIpc) is 2.96. The van der Waals surface area contributed by atoms with Crippen LogP contribution < -0.4 is 16.2 Å². The van der Waals surface area contributed by atoms with Gasteiger partial charge in [-0.2, -0.15) is 0 Å². The van der Waals surface area contributed by atoms with Gasteiger partial charge in [0.1, 0.15) is 11.2 Å². The van der Waals surface area contributed by atoms with E-state index in [0.29, 0.717) is 22.6 Å². The maximum absolute atomic E-state index is 12.8. The molecule has 7 nitrogen and oxygen atoms in total. The van der Waals surface area contributed by atoms with Crippen molar-refractivity contribution in [3.05, 3.63) is 45.7 Å². The zero-order valence-corrected chi connectivity index (χ0v) is 12.8. The number of H-pyrrole nitrogens is 1. The van der Waals surface area contributed by atoms with E-state index in [2.05, 4.69) is 15.7 Å². The fourth-order valence-corrected chi connectivity index (χ4v) is 3.60. The molecule has 1 spiro atoms. The Morgan fingerprint density at radius 3 is 2.61 bits per heavy atom. The number of carbonyl (C=O) groups excluding carboxylic acids is 2. The zero-order chi connectivity index (χ0) is 16.4. The number of nitrogens with zero attached hydrogens (tertiary/aromatic N) is 1. The number of fused-ring (bicyclic) bond motifs is 4. The molecule has 0 fully saturated rings. The van der Waals surface area contributed by atoms with Gasteiger partial charge in [0, 0.05) is 11.7 Å². The second-order valence-electron chi connectivity index (χ2n) is 6.26. The number of para-hydroxylation sites is 1. The standard InChI is InChI=1S/C16H16N4O3/c1-8(2)20-13-12(14(22)19-20)16(7-11(21)18-13)9-5-3-4-6-10(9)17-15(16)23/h3-6,8H,7H2,1-2H3,(H,17,23)(H,18,21)(H,19,22)/t16-/m1/s1. The minimum absolute atomic E-state index is 0.0541. The van der Waals surface area contributed by atoms with Crippen molar-refractivity contribution in [1.82, 2.24) is 9.78 Å². The zero-order valence-electron chi connectivity index (χ0n) is 12.8. The minimum Gasteiger partial charge on any atom is -0.325 e. The minimum atomic E-state index is -1.26. The van der Waals surface area contributed by atoms with Crippen LogP contribution in [0.2, 0.25) is 0 Å². The van der Waals surface area contributed by atoms with Crippen LogP contribution in [-0.4, -0.2) is 21.6 Å². The van der Waals surface area contributed by atoms with E-state index >= 15 is 0 Å². The van der Waals surface area contributed by atoms with Crippen molar-refractivity contribution >= 4 is 23.3 Å². The van der Waals surface area contributed by atoms with Gasteiger partial charge in [0.15, 0.2) is 0 Å². The lowest BCUT2D eigenvalue weighted by Crippen LogP contribution is -2.46. The predicted octanol–water partition coefficient (Wildman–Crippen LogP) is 1.34. The fraction of sp³-hybridized carbons (Fsp3) is 0.312. The molecule has 0 unspecified atom stereocenters. The van der Waals surface area contributed by atoms with Crippen molar-refractivity contribution < 1.29 is 9.59 Å². The van der Waals surface area contributed by atoms with Crippen molar-refractivity contribution in [1.29, 1.82) is 0 Å². The molecule has 0 saturated carbocycles. The van der Waals surface area contributed by atoms with Crippen molar-refractivity contribution in [3.8, 4) is 0 Å². The number of nitrogens with one attached hydrogen (secondary N) is 3. The van der Waals surface area contributed by atoms with Gasteiger partial charge in [0.2, 0.25) is 11.8 Å². The van der Waals surface area contributed by atoms with Gasteiger partial charge in [-0.1, -0.05) is 18.2 Å². The van der Waals surface area contributed by atoms with Crippen LogP contribution in [0.3, 0.4) is 0 Å². The molecular weight excluding hydrogens is 296 g/mol. The van der Waals surface area contributed by atoms with E-state index in [4.69, 9.17) is 0 Å². The van der Waals surface area contributed by atoms with Gasteiger partial charge in [-0.3, -0.25) is 24.2 Å². The number of aromatic nitrogens is 2. The molecule has 3 heterocycles. The molecule has 0 radical (unpaired) electrons. The van der Waals surface area contributed by atoms with E-state index in [1.54, 1.807) is 22.9 Å². The molecule has 1 aromatic heterocycles. The van der Waals surface area contributed by atoms with Crippen molar-refractivity contribution in [2.24, 2.45) is 0 Å². The highest BCUT2D eigenvalue weighted by molar-refractivity contribution is 6.14. The van der Waals surface area contributed by atoms with E-state index in [1.165, 1.54) is 0 Å². The molecular formula is C16H16N4O3. The highest BCUT2D eigenvalue weighted by Crippen LogP contribution is 2.48. The van der Waals surface area contributed by atoms with Crippen LogP contribution in [0.25, 0.3) is 0 Å². The second kappa shape index (κ2) is 4.34. The molecule has 118 valence electrons. The van der Waals surface area contributed by atoms with E-state index in [0.717, 1.165) is 0 Å². The summed E-state index contributed by atoms with van der Waals surface area (Å²) in [6.45, 7) is 3.79. The van der Waals surface area contributed by atoms with Gasteiger partial charge < -0.3 is 10.6 Å². The number of benzene rings is 1. The summed E-state index contributed by atoms with van der Waals surface area (Å²) in [6.07, 6.45) is -0.0754. The molecule has 2 aliphatic rings. The Hall–Kier alpha value is -2.83. The summed E-state index contributed by atoms with van der Waals surface area (Å²) in [4.78, 5) is 37.7. The second-order valence-corrected chi connectivity index (χ2v) is 6.26. The molecule has 4 rings (SSSR count). The third-order valence-corrected chi connectivity index (χ3v) is 4.58. The monoisotopic (exact) mass is 312 g/mol. The first-order valence-corrected chi connectivity index (χ1v) is 7.51. The molecule has 1 atom stereocenters. The maximum atomic E-state index is 12.8. The highest BCUT2D eigenvalue weighted by atomic mass is 16.2. The van der Waals surface area contributed by atoms with Gasteiger partial charge in [-0.15, -0.1) is 0 Å². The number of anilines is 2. The average molecular weight is 312 g/mol. The predicted molar refractivity (Wildman–Crippen MR) is 84.5 cm³/mol. The molecule has 0 saturated heterocycles. The number of rotatable bonds is 1. The van der Waals surface area contributed by atoms with Crippen molar-refractivity contribution in [3.63, 3.8) is 0 Å². The largest absolute Gasteiger partial charge is 0.325 e. The number of aromatic amines is 1. The lowest BCUT2D eigenvalue weighted by atomic mass is 9.71. The van der Waals surface area contributed by atoms with E-state index in [1.807, 2.05) is 19.9 Å². The van der Waals surface area contributed by atoms with E-state index < -0.39 is 5.41 Å². The lowest BCUT2D eigenvalue weighted by molar-refractivity contribution is -0.125. The van der Waals surface area contributed by atoms with E-state index in [9.17, 15) is 14.4 Å². The Balaban J connectivity index is 2.09. The highest BCUT2D eigenvalue weighted by Gasteiger charge is 2.55. The van der Waals surface area contributed by atoms with Crippen LogP contribution in [0.4, 0.5) is 11.5 Å². The Morgan fingerprint density at radius 1 is 1.13 bits per heavy atom. The summed E-state index contributed by atoms with van der Waals surface area (Å²) in [7, 11) is 0. The topological polar surface area (TPSA) is 96.0 Å². The summed E-state index contributed by atoms with van der Waals surface area (Å²) in [5, 5.41) is 8.29. The molecule has 3 N–H and O–H groups in total. The molecule has 23 heavy (non-hydrogen) atoms. The fourth-order valence-electron chi connectivity index (χ4n) is 3.60. The Kier molecular flexibility index (Phi) is 2.61. The van der Waals surface area contributed by atoms with Gasteiger partial charge in [-0.05, 0) is 25.5 Å². The number of amides is 2. The first kappa shape index (κ1) is 13.8. The summed E-state index contributed by atoms with van der Waals surface area (Å²) in [5.74, 6) is -0.229. The van der Waals surface area contributed by atoms with Crippen LogP contribution in [0.1, 0.15) is 37.4 Å². The Labute approximate surface area is 131 Å². The van der Waals surface area contributed by atoms with Crippen LogP contribution in [-0.2, 0) is 15.0 Å². The quantitative estimate of drug-likeness (QED) is 0.741. The first-order valence-electron chi connectivity index (χ1n) is 7.51. The first-order chi connectivity index (χ1) is 10.9. The SMILES string of the molecule is CC(C)n1[nH]c(=O)c2c1NC(=O)C[C@]21C(=O)Nc2ccccc21. The summed E-state index contributed by atoms with van der Waals surface area (Å²) in [5.41, 5.74) is 0.0267. The van der Waals surface area contributed by atoms with Crippen molar-refractivity contribution in [2.45, 2.75) is 31.7 Å². The number of hydrogen-bond acceptors (Lipinski definition) is 3. The molecule has 0 aliphatic carbocycles. The summed E-state index contributed by atoms with van der Waals surface area (Å²) in [6, 6.07) is 7.14. The van der Waals surface area contributed by atoms with Gasteiger partial charge in [0.25, 0.3) is 5.56 Å². The normalized spacial score (nSPS) is 22.0. The van der Waals surface area contributed by atoms with E-state index in [-0.39, 0.29) is 29.8 Å². The molecule has 0 bridgehead atoms. The molecule has 7 heteroatoms. The molecule has 2 aliphatic heterocycles. The van der Waals surface area contributed by atoms with Crippen LogP contribution in [0.5, 0.6) is 0 Å². The summed E-state index contributed by atoms with van der Waals surface area (Å²) < 4.78 is 1.60. The van der Waals surface area contributed by atoms with Gasteiger partial charge >= 0.3 is 0 Å². The Morgan fingerprint density at radius 2 is 1.87 bits per heavy atom. The Bertz CT molecular complexity index is 908. The van der Waals surface area contributed by atoms with Crippen LogP contribution >= 0.6 is 0 Å². The third-order valence-electron chi connectivity index (χ3n) is 4.58. The summed E-state index contributed by atoms with van der Waals surface area (Å²) >= 11 is 0. The molecule has 2 amide bonds. The third kappa shape index (κ3) is 1.61. The number of carbonyl (C=O) groups is 2. The van der Waals surface area contributed by atoms with Gasteiger partial charge in [-0.25, -0.2) is 0 Å². The number of hydrogen-bond donors (Lipinski definition) is 3. The maximum Gasteiger partial charge on any atom is 0.270 e. The van der Waals surface area contributed by atoms with Crippen LogP contribution in [0.15, 0.2) is 29.1 Å². The smallest absolute Gasteiger partial charge is 0.270 e. The molecule has 1 aromatic carbocycles.